The molecule has 0 saturated heterocycles. The number of hydrogen-bond donors (Lipinski definition) is 2. The number of halogens is 1. The Morgan fingerprint density at radius 1 is 1.38 bits per heavy atom. The molecule has 2 N–H and O–H groups in total. The fourth-order valence-electron chi connectivity index (χ4n) is 2.33. The van der Waals surface area contributed by atoms with Gasteiger partial charge in [0.1, 0.15) is 17.1 Å². The van der Waals surface area contributed by atoms with Gasteiger partial charge >= 0.3 is 0 Å². The van der Waals surface area contributed by atoms with E-state index in [4.69, 9.17) is 11.6 Å². The molecule has 0 aliphatic rings. The van der Waals surface area contributed by atoms with Gasteiger partial charge in [0.15, 0.2) is 0 Å². The number of fused-ring (bicyclic) bond motifs is 1. The van der Waals surface area contributed by atoms with Gasteiger partial charge in [-0.15, -0.1) is 0 Å². The lowest BCUT2D eigenvalue weighted by molar-refractivity contribution is -0.384. The molecular weight excluding hydrogens is 336 g/mol. The van der Waals surface area contributed by atoms with Gasteiger partial charge in [0.2, 0.25) is 0 Å². The number of nitrogens with one attached hydrogen (secondary N) is 1. The molecule has 0 spiro atoms. The van der Waals surface area contributed by atoms with Crippen molar-refractivity contribution in [2.75, 3.05) is 5.32 Å². The maximum absolute atomic E-state index is 12.5. The number of carbonyl (C=O) groups is 1. The summed E-state index contributed by atoms with van der Waals surface area (Å²) in [5, 5.41) is 23.6. The fraction of sp³-hybridized carbons (Fsp3) is 0.0667. The highest BCUT2D eigenvalue weighted by atomic mass is 35.5. The van der Waals surface area contributed by atoms with Crippen molar-refractivity contribution < 1.29 is 14.8 Å². The average Bonchev–Trinajstić information content (AvgIpc) is 2.84. The molecule has 2 heterocycles. The van der Waals surface area contributed by atoms with Crippen molar-refractivity contribution in [1.29, 1.82) is 0 Å². The van der Waals surface area contributed by atoms with Crippen LogP contribution in [0.15, 0.2) is 36.5 Å². The first kappa shape index (κ1) is 15.8. The normalized spacial score (nSPS) is 10.8. The van der Waals surface area contributed by atoms with E-state index >= 15 is 0 Å². The quantitative estimate of drug-likeness (QED) is 0.430. The number of benzene rings is 1. The smallest absolute Gasteiger partial charge is 0.274 e. The second-order valence-electron chi connectivity index (χ2n) is 5.03. The van der Waals surface area contributed by atoms with Gasteiger partial charge in [0.25, 0.3) is 11.6 Å². The molecule has 0 fully saturated rings. The van der Waals surface area contributed by atoms with E-state index < -0.39 is 10.8 Å². The average molecular weight is 347 g/mol. The molecular formula is C15H11ClN4O4. The van der Waals surface area contributed by atoms with E-state index in [1.54, 1.807) is 29.7 Å². The number of pyridine rings is 1. The number of hydrogen-bond acceptors (Lipinski definition) is 5. The minimum atomic E-state index is -0.615. The first-order valence-electron chi connectivity index (χ1n) is 6.80. The highest BCUT2D eigenvalue weighted by Gasteiger charge is 2.19. The molecule has 24 heavy (non-hydrogen) atoms. The van der Waals surface area contributed by atoms with Crippen molar-refractivity contribution in [2.45, 2.75) is 6.92 Å². The maximum Gasteiger partial charge on any atom is 0.274 e. The SMILES string of the molecule is Cc1nc2cc(Cl)ccn2c1C(=O)Nc1cc([N+](=O)[O-])ccc1O. The first-order valence-corrected chi connectivity index (χ1v) is 7.17. The molecule has 0 aliphatic carbocycles. The molecule has 0 radical (unpaired) electrons. The molecule has 1 aromatic carbocycles. The Balaban J connectivity index is 2.01. The first-order chi connectivity index (χ1) is 11.4. The van der Waals surface area contributed by atoms with Crippen LogP contribution >= 0.6 is 11.6 Å². The number of nitro groups is 1. The van der Waals surface area contributed by atoms with Gasteiger partial charge in [-0.1, -0.05) is 11.6 Å². The fourth-order valence-corrected chi connectivity index (χ4v) is 2.48. The number of aryl methyl sites for hydroxylation is 1. The summed E-state index contributed by atoms with van der Waals surface area (Å²) in [5.41, 5.74) is 0.892. The van der Waals surface area contributed by atoms with Crippen LogP contribution in [0.3, 0.4) is 0 Å². The zero-order valence-corrected chi connectivity index (χ0v) is 13.1. The Bertz CT molecular complexity index is 983. The van der Waals surface area contributed by atoms with E-state index in [9.17, 15) is 20.0 Å². The number of rotatable bonds is 3. The third kappa shape index (κ3) is 2.74. The summed E-state index contributed by atoms with van der Waals surface area (Å²) in [5.74, 6) is -0.832. The minimum absolute atomic E-state index is 0.0579. The number of phenolic OH excluding ortho intramolecular Hbond substituents is 1. The number of nitrogens with zero attached hydrogens (tertiary/aromatic N) is 3. The van der Waals surface area contributed by atoms with Crippen molar-refractivity contribution in [2.24, 2.45) is 0 Å². The highest BCUT2D eigenvalue weighted by molar-refractivity contribution is 6.30. The number of amides is 1. The van der Waals surface area contributed by atoms with Crippen molar-refractivity contribution in [3.05, 3.63) is 63.1 Å². The van der Waals surface area contributed by atoms with Crippen LogP contribution in [0.2, 0.25) is 5.02 Å². The Morgan fingerprint density at radius 2 is 2.12 bits per heavy atom. The predicted molar refractivity (Wildman–Crippen MR) is 87.7 cm³/mol. The van der Waals surface area contributed by atoms with Crippen LogP contribution in [-0.4, -0.2) is 25.3 Å². The summed E-state index contributed by atoms with van der Waals surface area (Å²) in [6.45, 7) is 1.66. The Labute approximate surface area is 140 Å². The topological polar surface area (TPSA) is 110 Å². The molecule has 3 aromatic rings. The number of carbonyl (C=O) groups excluding carboxylic acids is 1. The molecule has 2 aromatic heterocycles. The summed E-state index contributed by atoms with van der Waals surface area (Å²) in [6, 6.07) is 6.59. The summed E-state index contributed by atoms with van der Waals surface area (Å²) >= 11 is 5.91. The number of anilines is 1. The van der Waals surface area contributed by atoms with Crippen LogP contribution < -0.4 is 5.32 Å². The van der Waals surface area contributed by atoms with E-state index in [0.717, 1.165) is 18.2 Å². The molecule has 122 valence electrons. The summed E-state index contributed by atoms with van der Waals surface area (Å²) in [6.07, 6.45) is 1.60. The number of imidazole rings is 1. The zero-order valence-electron chi connectivity index (χ0n) is 12.4. The Kier molecular flexibility index (Phi) is 3.82. The number of aromatic nitrogens is 2. The largest absolute Gasteiger partial charge is 0.506 e. The van der Waals surface area contributed by atoms with E-state index in [0.29, 0.717) is 16.4 Å². The Morgan fingerprint density at radius 3 is 2.83 bits per heavy atom. The molecule has 3 rings (SSSR count). The van der Waals surface area contributed by atoms with Gasteiger partial charge in [0, 0.05) is 29.4 Å². The van der Waals surface area contributed by atoms with Crippen LogP contribution in [0.25, 0.3) is 5.65 Å². The van der Waals surface area contributed by atoms with E-state index in [-0.39, 0.29) is 22.8 Å². The highest BCUT2D eigenvalue weighted by Crippen LogP contribution is 2.28. The van der Waals surface area contributed by atoms with Gasteiger partial charge in [0.05, 0.1) is 16.3 Å². The molecule has 0 unspecified atom stereocenters. The molecule has 0 atom stereocenters. The Hall–Kier alpha value is -3.13. The van der Waals surface area contributed by atoms with E-state index in [1.807, 2.05) is 0 Å². The molecule has 0 bridgehead atoms. The lowest BCUT2D eigenvalue weighted by Crippen LogP contribution is -2.15. The molecule has 9 heteroatoms. The predicted octanol–water partition coefficient (Wildman–Crippen LogP) is 3.16. The van der Waals surface area contributed by atoms with Crippen molar-refractivity contribution in [3.63, 3.8) is 0 Å². The number of non-ortho nitro benzene ring substituents is 1. The molecule has 0 aliphatic heterocycles. The third-order valence-corrected chi connectivity index (χ3v) is 3.65. The number of phenols is 1. The van der Waals surface area contributed by atoms with Crippen molar-refractivity contribution in [3.8, 4) is 5.75 Å². The summed E-state index contributed by atoms with van der Waals surface area (Å²) < 4.78 is 1.55. The number of aromatic hydroxyl groups is 1. The van der Waals surface area contributed by atoms with Gasteiger partial charge in [-0.05, 0) is 19.1 Å². The summed E-state index contributed by atoms with van der Waals surface area (Å²) in [7, 11) is 0. The standard InChI is InChI=1S/C15H11ClN4O4/c1-8-14(19-5-4-9(16)6-13(19)17-8)15(22)18-11-7-10(20(23)24)2-3-12(11)21/h2-7,21H,1H3,(H,18,22). The van der Waals surface area contributed by atoms with E-state index in [2.05, 4.69) is 10.3 Å². The summed E-state index contributed by atoms with van der Waals surface area (Å²) in [4.78, 5) is 27.0. The lowest BCUT2D eigenvalue weighted by atomic mass is 10.2. The lowest BCUT2D eigenvalue weighted by Gasteiger charge is -2.08. The molecule has 0 saturated carbocycles. The second kappa shape index (κ2) is 5.82. The van der Waals surface area contributed by atoms with Crippen LogP contribution in [-0.2, 0) is 0 Å². The minimum Gasteiger partial charge on any atom is -0.506 e. The van der Waals surface area contributed by atoms with Crippen molar-refractivity contribution >= 4 is 34.5 Å². The third-order valence-electron chi connectivity index (χ3n) is 3.42. The second-order valence-corrected chi connectivity index (χ2v) is 5.47. The monoisotopic (exact) mass is 346 g/mol. The van der Waals surface area contributed by atoms with Gasteiger partial charge < -0.3 is 10.4 Å². The van der Waals surface area contributed by atoms with Gasteiger partial charge in [-0.2, -0.15) is 0 Å². The molecule has 8 nitrogen and oxygen atoms in total. The van der Waals surface area contributed by atoms with Gasteiger partial charge in [-0.3, -0.25) is 19.3 Å². The van der Waals surface area contributed by atoms with Crippen LogP contribution in [0.4, 0.5) is 11.4 Å². The van der Waals surface area contributed by atoms with Crippen LogP contribution in [0, 0.1) is 17.0 Å². The van der Waals surface area contributed by atoms with Crippen LogP contribution in [0.5, 0.6) is 5.75 Å². The van der Waals surface area contributed by atoms with Crippen LogP contribution in [0.1, 0.15) is 16.2 Å². The molecule has 1 amide bonds. The maximum atomic E-state index is 12.5. The van der Waals surface area contributed by atoms with Crippen molar-refractivity contribution in [1.82, 2.24) is 9.38 Å². The number of nitro benzene ring substituents is 1. The van der Waals surface area contributed by atoms with Gasteiger partial charge in [-0.25, -0.2) is 4.98 Å². The van der Waals surface area contributed by atoms with E-state index in [1.165, 1.54) is 0 Å². The zero-order chi connectivity index (χ0) is 17.4.